The molecule has 4 heteroatoms. The maximum atomic E-state index is 12.9. The highest BCUT2D eigenvalue weighted by Gasteiger charge is 2.19. The number of aryl methyl sites for hydroxylation is 1. The molecule has 3 rings (SSSR count). The number of aromatic nitrogens is 1. The minimum absolute atomic E-state index is 0.0419. The van der Waals surface area contributed by atoms with Crippen LogP contribution < -0.4 is 0 Å². The van der Waals surface area contributed by atoms with E-state index in [0.717, 1.165) is 38.0 Å². The van der Waals surface area contributed by atoms with Crippen LogP contribution in [-0.4, -0.2) is 21.9 Å². The van der Waals surface area contributed by atoms with Crippen LogP contribution in [0.1, 0.15) is 53.6 Å². The Morgan fingerprint density at radius 2 is 1.93 bits per heavy atom. The molecule has 0 atom stereocenters. The monoisotopic (exact) mass is 364 g/mol. The number of furan rings is 1. The van der Waals surface area contributed by atoms with Crippen LogP contribution in [-0.2, 0) is 13.1 Å². The average Bonchev–Trinajstić information content (AvgIpc) is 3.35. The van der Waals surface area contributed by atoms with Gasteiger partial charge in [0.25, 0.3) is 5.91 Å². The summed E-state index contributed by atoms with van der Waals surface area (Å²) in [6, 6.07) is 16.1. The first-order valence-corrected chi connectivity index (χ1v) is 9.70. The smallest absolute Gasteiger partial charge is 0.289 e. The third-order valence-electron chi connectivity index (χ3n) is 4.93. The third-order valence-corrected chi connectivity index (χ3v) is 4.93. The zero-order valence-corrected chi connectivity index (χ0v) is 16.2. The van der Waals surface area contributed by atoms with Crippen molar-refractivity contribution in [3.8, 4) is 0 Å². The molecule has 3 aromatic rings. The van der Waals surface area contributed by atoms with Gasteiger partial charge in [0.15, 0.2) is 5.76 Å². The van der Waals surface area contributed by atoms with E-state index < -0.39 is 0 Å². The maximum absolute atomic E-state index is 12.9. The Balaban J connectivity index is 1.76. The lowest BCUT2D eigenvalue weighted by molar-refractivity contribution is 0.0704. The second-order valence-corrected chi connectivity index (χ2v) is 6.97. The average molecular weight is 364 g/mol. The highest BCUT2D eigenvalue weighted by atomic mass is 16.3. The van der Waals surface area contributed by atoms with Crippen molar-refractivity contribution in [2.45, 2.75) is 46.2 Å². The van der Waals surface area contributed by atoms with Gasteiger partial charge in [-0.1, -0.05) is 44.0 Å². The quantitative estimate of drug-likeness (QED) is 0.485. The molecule has 0 saturated carbocycles. The second kappa shape index (κ2) is 9.26. The summed E-state index contributed by atoms with van der Waals surface area (Å²) < 4.78 is 7.57. The van der Waals surface area contributed by atoms with Gasteiger partial charge in [0.2, 0.25) is 0 Å². The fourth-order valence-corrected chi connectivity index (χ4v) is 3.27. The first kappa shape index (κ1) is 19.0. The standard InChI is InChI=1S/C23H28N2O2/c1-3-4-7-14-25(23(26)22-13-9-16-27-22)18-21-12-8-15-24(21)17-20-11-6-5-10-19(20)2/h5-6,8-13,15-16H,3-4,7,14,17-18H2,1-2H3. The number of carbonyl (C=O) groups excluding carboxylic acids is 1. The highest BCUT2D eigenvalue weighted by molar-refractivity contribution is 5.91. The molecule has 4 nitrogen and oxygen atoms in total. The summed E-state index contributed by atoms with van der Waals surface area (Å²) in [5.41, 5.74) is 3.71. The van der Waals surface area contributed by atoms with Crippen molar-refractivity contribution in [1.29, 1.82) is 0 Å². The van der Waals surface area contributed by atoms with Gasteiger partial charge >= 0.3 is 0 Å². The Kier molecular flexibility index (Phi) is 6.53. The van der Waals surface area contributed by atoms with E-state index in [-0.39, 0.29) is 5.91 Å². The molecule has 0 aliphatic carbocycles. The van der Waals surface area contributed by atoms with Gasteiger partial charge in [-0.05, 0) is 48.7 Å². The van der Waals surface area contributed by atoms with Crippen LogP contribution in [0.2, 0.25) is 0 Å². The van der Waals surface area contributed by atoms with Gasteiger partial charge in [-0.3, -0.25) is 4.79 Å². The normalized spacial score (nSPS) is 10.9. The van der Waals surface area contributed by atoms with E-state index in [1.54, 1.807) is 18.4 Å². The molecule has 1 aromatic carbocycles. The number of carbonyl (C=O) groups is 1. The number of amides is 1. The van der Waals surface area contributed by atoms with E-state index in [1.807, 2.05) is 4.90 Å². The van der Waals surface area contributed by atoms with Crippen molar-refractivity contribution in [2.24, 2.45) is 0 Å². The predicted octanol–water partition coefficient (Wildman–Crippen LogP) is 5.27. The molecule has 1 amide bonds. The van der Waals surface area contributed by atoms with Gasteiger partial charge in [0.1, 0.15) is 0 Å². The summed E-state index contributed by atoms with van der Waals surface area (Å²) in [6.07, 6.45) is 6.89. The van der Waals surface area contributed by atoms with Crippen molar-refractivity contribution in [3.63, 3.8) is 0 Å². The zero-order chi connectivity index (χ0) is 19.1. The number of unbranched alkanes of at least 4 members (excludes halogenated alkanes) is 2. The molecule has 0 radical (unpaired) electrons. The Bertz CT molecular complexity index is 849. The largest absolute Gasteiger partial charge is 0.459 e. The Labute approximate surface area is 161 Å². The van der Waals surface area contributed by atoms with Crippen LogP contribution >= 0.6 is 0 Å². The molecule has 0 bridgehead atoms. The lowest BCUT2D eigenvalue weighted by Crippen LogP contribution is -2.32. The molecule has 27 heavy (non-hydrogen) atoms. The minimum Gasteiger partial charge on any atom is -0.459 e. The molecule has 0 aliphatic rings. The van der Waals surface area contributed by atoms with Crippen LogP contribution in [0.4, 0.5) is 0 Å². The first-order chi connectivity index (χ1) is 13.2. The van der Waals surface area contributed by atoms with Gasteiger partial charge in [-0.15, -0.1) is 0 Å². The molecule has 0 spiro atoms. The molecule has 2 heterocycles. The zero-order valence-electron chi connectivity index (χ0n) is 16.2. The molecule has 2 aromatic heterocycles. The summed E-state index contributed by atoms with van der Waals surface area (Å²) >= 11 is 0. The highest BCUT2D eigenvalue weighted by Crippen LogP contribution is 2.16. The van der Waals surface area contributed by atoms with E-state index in [1.165, 1.54) is 11.1 Å². The van der Waals surface area contributed by atoms with E-state index in [4.69, 9.17) is 4.42 Å². The SMILES string of the molecule is CCCCCN(Cc1cccn1Cc1ccccc1C)C(=O)c1ccco1. The van der Waals surface area contributed by atoms with Gasteiger partial charge < -0.3 is 13.9 Å². The van der Waals surface area contributed by atoms with Crippen LogP contribution in [0.5, 0.6) is 0 Å². The molecule has 142 valence electrons. The molecule has 0 N–H and O–H groups in total. The number of hydrogen-bond acceptors (Lipinski definition) is 2. The molecule has 0 fully saturated rings. The van der Waals surface area contributed by atoms with E-state index in [9.17, 15) is 4.79 Å². The number of nitrogens with zero attached hydrogens (tertiary/aromatic N) is 2. The first-order valence-electron chi connectivity index (χ1n) is 9.70. The van der Waals surface area contributed by atoms with Crippen molar-refractivity contribution < 1.29 is 9.21 Å². The molecule has 0 saturated heterocycles. The fraction of sp³-hybridized carbons (Fsp3) is 0.348. The number of hydrogen-bond donors (Lipinski definition) is 0. The second-order valence-electron chi connectivity index (χ2n) is 6.97. The van der Waals surface area contributed by atoms with E-state index in [0.29, 0.717) is 12.3 Å². The third kappa shape index (κ3) is 4.91. The van der Waals surface area contributed by atoms with Gasteiger partial charge in [0.05, 0.1) is 12.8 Å². The molecule has 0 unspecified atom stereocenters. The minimum atomic E-state index is -0.0419. The van der Waals surface area contributed by atoms with Crippen LogP contribution in [0.25, 0.3) is 0 Å². The summed E-state index contributed by atoms with van der Waals surface area (Å²) in [7, 11) is 0. The van der Waals surface area contributed by atoms with E-state index in [2.05, 4.69) is 61.0 Å². The van der Waals surface area contributed by atoms with Crippen molar-refractivity contribution >= 4 is 5.91 Å². The molecular weight excluding hydrogens is 336 g/mol. The van der Waals surface area contributed by atoms with Gasteiger partial charge in [0, 0.05) is 25.0 Å². The summed E-state index contributed by atoms with van der Waals surface area (Å²) in [5, 5.41) is 0. The van der Waals surface area contributed by atoms with Crippen LogP contribution in [0.3, 0.4) is 0 Å². The lowest BCUT2D eigenvalue weighted by Gasteiger charge is -2.23. The Morgan fingerprint density at radius 1 is 1.07 bits per heavy atom. The predicted molar refractivity (Wildman–Crippen MR) is 108 cm³/mol. The Morgan fingerprint density at radius 3 is 2.67 bits per heavy atom. The lowest BCUT2D eigenvalue weighted by atomic mass is 10.1. The molecule has 0 aliphatic heterocycles. The number of benzene rings is 1. The van der Waals surface area contributed by atoms with Crippen molar-refractivity contribution in [2.75, 3.05) is 6.54 Å². The number of rotatable bonds is 9. The Hall–Kier alpha value is -2.75. The molecular formula is C23H28N2O2. The van der Waals surface area contributed by atoms with Crippen molar-refractivity contribution in [3.05, 3.63) is 83.6 Å². The van der Waals surface area contributed by atoms with E-state index >= 15 is 0 Å². The summed E-state index contributed by atoms with van der Waals surface area (Å²) in [5.74, 6) is 0.364. The summed E-state index contributed by atoms with van der Waals surface area (Å²) in [4.78, 5) is 14.8. The summed E-state index contributed by atoms with van der Waals surface area (Å²) in [6.45, 7) is 6.44. The van der Waals surface area contributed by atoms with Crippen molar-refractivity contribution in [1.82, 2.24) is 9.47 Å². The topological polar surface area (TPSA) is 38.4 Å². The fourth-order valence-electron chi connectivity index (χ4n) is 3.27. The van der Waals surface area contributed by atoms with Gasteiger partial charge in [-0.25, -0.2) is 0 Å². The maximum Gasteiger partial charge on any atom is 0.289 e. The van der Waals surface area contributed by atoms with Crippen LogP contribution in [0.15, 0.2) is 65.4 Å². The van der Waals surface area contributed by atoms with Gasteiger partial charge in [-0.2, -0.15) is 0 Å². The van der Waals surface area contributed by atoms with Crippen LogP contribution in [0, 0.1) is 6.92 Å².